The van der Waals surface area contributed by atoms with Gasteiger partial charge in [0.2, 0.25) is 0 Å². The molecule has 2 unspecified atom stereocenters. The van der Waals surface area contributed by atoms with Gasteiger partial charge >= 0.3 is 36.1 Å². The van der Waals surface area contributed by atoms with Crippen LogP contribution in [0.2, 0.25) is 0 Å². The molecule has 0 saturated heterocycles. The third kappa shape index (κ3) is 26.8. The molecule has 2 atom stereocenters. The molecular weight excluding hydrogens is 780 g/mol. The molecule has 0 aliphatic heterocycles. The summed E-state index contributed by atoms with van der Waals surface area (Å²) in [6.45, 7) is 7.58. The highest BCUT2D eigenvalue weighted by Crippen LogP contribution is 2.13. The zero-order chi connectivity index (χ0) is 43.5. The van der Waals surface area contributed by atoms with E-state index in [0.29, 0.717) is 69.5 Å². The summed E-state index contributed by atoms with van der Waals surface area (Å²) in [6, 6.07) is 18.0. The molecule has 0 bridgehead atoms. The predicted molar refractivity (Wildman–Crippen MR) is 220 cm³/mol. The van der Waals surface area contributed by atoms with E-state index in [4.69, 9.17) is 37.9 Å². The number of para-hydroxylation sites is 2. The second kappa shape index (κ2) is 32.8. The summed E-state index contributed by atoms with van der Waals surface area (Å²) in [6.07, 6.45) is 6.66. The molecule has 2 rings (SSSR count). The Bertz CT molecular complexity index is 1440. The third-order valence-electron chi connectivity index (χ3n) is 8.28. The van der Waals surface area contributed by atoms with Crippen molar-refractivity contribution in [3.63, 3.8) is 0 Å². The fourth-order valence-corrected chi connectivity index (χ4v) is 5.10. The summed E-state index contributed by atoms with van der Waals surface area (Å²) < 4.78 is 42.6. The molecule has 0 saturated carbocycles. The number of benzene rings is 2. The predicted octanol–water partition coefficient (Wildman–Crippen LogP) is 6.56. The number of hydrogen-bond donors (Lipinski definition) is 2. The monoisotopic (exact) mass is 840 g/mol. The van der Waals surface area contributed by atoms with E-state index in [1.807, 2.05) is 24.3 Å². The van der Waals surface area contributed by atoms with Crippen molar-refractivity contribution < 1.29 is 66.7 Å². The van der Waals surface area contributed by atoms with Gasteiger partial charge in [0.05, 0.1) is 13.2 Å². The van der Waals surface area contributed by atoms with E-state index in [0.717, 1.165) is 37.8 Å². The first kappa shape index (κ1) is 50.1. The van der Waals surface area contributed by atoms with Gasteiger partial charge < -0.3 is 48.5 Å². The molecule has 2 amide bonds. The Morgan fingerprint density at radius 2 is 0.933 bits per heavy atom. The van der Waals surface area contributed by atoms with Gasteiger partial charge in [0.25, 0.3) is 0 Å². The first-order valence-corrected chi connectivity index (χ1v) is 20.3. The minimum Gasteiger partial charge on any atom is -0.490 e. The summed E-state index contributed by atoms with van der Waals surface area (Å²) in [5.41, 5.74) is 0. The fourth-order valence-electron chi connectivity index (χ4n) is 5.10. The summed E-state index contributed by atoms with van der Waals surface area (Å²) in [4.78, 5) is 71.6. The highest BCUT2D eigenvalue weighted by molar-refractivity contribution is 5.81. The lowest BCUT2D eigenvalue weighted by atomic mass is 10.1. The number of unbranched alkanes of at least 4 members (excludes halogenated alkanes) is 7. The zero-order valence-electron chi connectivity index (χ0n) is 34.4. The Hall–Kier alpha value is -6.06. The third-order valence-corrected chi connectivity index (χ3v) is 8.28. The van der Waals surface area contributed by atoms with Gasteiger partial charge in [0.15, 0.2) is 12.2 Å². The summed E-state index contributed by atoms with van der Waals surface area (Å²) in [7, 11) is 0. The standard InChI is InChI=1S/C44H60N2O14/c1-3-39(47)57-33-37(31-55-35-21-11-8-12-22-35)59-42(50)26-16-7-5-6-15-25-41(49)53-29-19-20-30-54-43(51)45-27-17-10-18-28-46-44(52)60-38(34-58-40(48)4-2)32-56-36-23-13-9-14-24-36/h3-4,8-9,11-14,21-24,37-38H,1-2,5-7,10,15-20,25-34H2,(H,45,51)(H,46,52). The van der Waals surface area contributed by atoms with Gasteiger partial charge in [-0.25, -0.2) is 19.2 Å². The molecular formula is C44H60N2O14. The molecule has 0 aliphatic carbocycles. The minimum atomic E-state index is -0.829. The summed E-state index contributed by atoms with van der Waals surface area (Å²) >= 11 is 0. The van der Waals surface area contributed by atoms with E-state index >= 15 is 0 Å². The van der Waals surface area contributed by atoms with Crippen molar-refractivity contribution in [2.45, 2.75) is 89.3 Å². The van der Waals surface area contributed by atoms with Crippen LogP contribution in [-0.2, 0) is 47.6 Å². The Morgan fingerprint density at radius 1 is 0.483 bits per heavy atom. The molecule has 2 N–H and O–H groups in total. The van der Waals surface area contributed by atoms with Gasteiger partial charge in [0.1, 0.15) is 37.9 Å². The number of esters is 4. The fraction of sp³-hybridized carbons (Fsp3) is 0.500. The van der Waals surface area contributed by atoms with Crippen molar-refractivity contribution in [2.24, 2.45) is 0 Å². The maximum atomic E-state index is 12.4. The van der Waals surface area contributed by atoms with Crippen LogP contribution in [0.4, 0.5) is 9.59 Å². The second-order valence-electron chi connectivity index (χ2n) is 13.3. The highest BCUT2D eigenvalue weighted by Gasteiger charge is 2.19. The van der Waals surface area contributed by atoms with Crippen LogP contribution in [0.15, 0.2) is 86.0 Å². The molecule has 0 aliphatic rings. The average Bonchev–Trinajstić information content (AvgIpc) is 3.26. The molecule has 0 radical (unpaired) electrons. The average molecular weight is 841 g/mol. The van der Waals surface area contributed by atoms with Gasteiger partial charge in [-0.1, -0.05) is 68.8 Å². The molecule has 2 aromatic rings. The van der Waals surface area contributed by atoms with E-state index in [1.54, 1.807) is 36.4 Å². The van der Waals surface area contributed by atoms with Crippen molar-refractivity contribution in [2.75, 3.05) is 52.7 Å². The molecule has 0 spiro atoms. The lowest BCUT2D eigenvalue weighted by Gasteiger charge is -2.18. The molecule has 0 heterocycles. The van der Waals surface area contributed by atoms with E-state index < -0.39 is 42.3 Å². The lowest BCUT2D eigenvalue weighted by molar-refractivity contribution is -0.158. The van der Waals surface area contributed by atoms with Crippen LogP contribution in [0.5, 0.6) is 11.5 Å². The Kier molecular flexibility index (Phi) is 27.4. The van der Waals surface area contributed by atoms with Crippen molar-refractivity contribution >= 4 is 36.1 Å². The number of hydrogen-bond acceptors (Lipinski definition) is 14. The molecule has 330 valence electrons. The van der Waals surface area contributed by atoms with Crippen LogP contribution in [0.1, 0.15) is 77.0 Å². The maximum absolute atomic E-state index is 12.4. The summed E-state index contributed by atoms with van der Waals surface area (Å²) in [5, 5.41) is 5.34. The van der Waals surface area contributed by atoms with Crippen LogP contribution in [0.3, 0.4) is 0 Å². The van der Waals surface area contributed by atoms with Crippen LogP contribution >= 0.6 is 0 Å². The first-order valence-electron chi connectivity index (χ1n) is 20.3. The van der Waals surface area contributed by atoms with Crippen molar-refractivity contribution in [1.29, 1.82) is 0 Å². The van der Waals surface area contributed by atoms with Crippen LogP contribution in [-0.4, -0.2) is 101 Å². The normalized spacial score (nSPS) is 11.4. The second-order valence-corrected chi connectivity index (χ2v) is 13.3. The number of carbonyl (C=O) groups excluding carboxylic acids is 6. The van der Waals surface area contributed by atoms with Crippen molar-refractivity contribution in [3.05, 3.63) is 86.0 Å². The van der Waals surface area contributed by atoms with E-state index in [9.17, 15) is 28.8 Å². The topological polar surface area (TPSA) is 200 Å². The molecule has 16 nitrogen and oxygen atoms in total. The number of rotatable bonds is 33. The first-order chi connectivity index (χ1) is 29.2. The van der Waals surface area contributed by atoms with Crippen LogP contribution in [0, 0.1) is 0 Å². The van der Waals surface area contributed by atoms with Crippen LogP contribution in [0.25, 0.3) is 0 Å². The van der Waals surface area contributed by atoms with Gasteiger partial charge in [-0.2, -0.15) is 0 Å². The molecule has 0 aromatic heterocycles. The maximum Gasteiger partial charge on any atom is 0.407 e. The van der Waals surface area contributed by atoms with E-state index in [-0.39, 0.29) is 52.0 Å². The van der Waals surface area contributed by atoms with Gasteiger partial charge in [0, 0.05) is 38.1 Å². The van der Waals surface area contributed by atoms with E-state index in [2.05, 4.69) is 23.8 Å². The largest absolute Gasteiger partial charge is 0.490 e. The Labute approximate surface area is 352 Å². The summed E-state index contributed by atoms with van der Waals surface area (Å²) in [5.74, 6) is -0.766. The van der Waals surface area contributed by atoms with Gasteiger partial charge in [-0.15, -0.1) is 0 Å². The molecule has 16 heteroatoms. The zero-order valence-corrected chi connectivity index (χ0v) is 34.4. The number of amides is 2. The number of carbonyl (C=O) groups is 6. The SMILES string of the molecule is C=CC(=O)OCC(COc1ccccc1)OC(=O)CCCCCCCC(=O)OCCCCOC(=O)NCCCCCNC(=O)OC(COC(=O)C=C)COc1ccccc1. The molecule has 60 heavy (non-hydrogen) atoms. The van der Waals surface area contributed by atoms with Gasteiger partial charge in [-0.3, -0.25) is 9.59 Å². The Balaban J connectivity index is 1.41. The quantitative estimate of drug-likeness (QED) is 0.0339. The number of alkyl carbamates (subject to hydrolysis) is 2. The Morgan fingerprint density at radius 3 is 1.47 bits per heavy atom. The van der Waals surface area contributed by atoms with Crippen LogP contribution < -0.4 is 20.1 Å². The van der Waals surface area contributed by atoms with Crippen molar-refractivity contribution in [1.82, 2.24) is 10.6 Å². The minimum absolute atomic E-state index is 0.0121. The molecule has 0 fully saturated rings. The molecule has 2 aromatic carbocycles. The smallest absolute Gasteiger partial charge is 0.407 e. The van der Waals surface area contributed by atoms with Crippen molar-refractivity contribution in [3.8, 4) is 11.5 Å². The lowest BCUT2D eigenvalue weighted by Crippen LogP contribution is -2.35. The van der Waals surface area contributed by atoms with E-state index in [1.165, 1.54) is 0 Å². The number of nitrogens with one attached hydrogen (secondary N) is 2. The highest BCUT2D eigenvalue weighted by atomic mass is 16.6. The number of ether oxygens (including phenoxy) is 8. The van der Waals surface area contributed by atoms with Gasteiger partial charge in [-0.05, 0) is 69.2 Å².